The number of aliphatic carboxylic acids is 1. The summed E-state index contributed by atoms with van der Waals surface area (Å²) < 4.78 is 40.6. The largest absolute Gasteiger partial charge is 0.481 e. The van der Waals surface area contributed by atoms with Gasteiger partial charge in [-0.3, -0.25) is 9.78 Å². The van der Waals surface area contributed by atoms with Gasteiger partial charge in [-0.1, -0.05) is 36.4 Å². The van der Waals surface area contributed by atoms with Gasteiger partial charge in [0.15, 0.2) is 0 Å². The van der Waals surface area contributed by atoms with Crippen LogP contribution < -0.4 is 5.32 Å². The first-order valence-electron chi connectivity index (χ1n) is 11.2. The molecule has 0 aliphatic heterocycles. The minimum atomic E-state index is -4.49. The van der Waals surface area contributed by atoms with Gasteiger partial charge < -0.3 is 10.4 Å². The zero-order valence-corrected chi connectivity index (χ0v) is 19.6. The van der Waals surface area contributed by atoms with E-state index in [1.807, 2.05) is 57.2 Å². The van der Waals surface area contributed by atoms with Crippen molar-refractivity contribution in [3.8, 4) is 11.1 Å². The molecular formula is C28H25F3N2O2. The molecule has 0 atom stereocenters. The number of hydrogen-bond acceptors (Lipinski definition) is 3. The van der Waals surface area contributed by atoms with Gasteiger partial charge in [0.2, 0.25) is 0 Å². The van der Waals surface area contributed by atoms with Crippen LogP contribution in [-0.2, 0) is 23.9 Å². The van der Waals surface area contributed by atoms with Crippen molar-refractivity contribution in [2.24, 2.45) is 0 Å². The van der Waals surface area contributed by atoms with Crippen molar-refractivity contribution in [3.63, 3.8) is 0 Å². The molecule has 0 spiro atoms. The maximum absolute atomic E-state index is 13.5. The second kappa shape index (κ2) is 9.41. The molecule has 1 aromatic heterocycles. The third-order valence-electron chi connectivity index (χ3n) is 6.33. The lowest BCUT2D eigenvalue weighted by molar-refractivity contribution is -0.137. The minimum Gasteiger partial charge on any atom is -0.481 e. The molecule has 4 nitrogen and oxygen atoms in total. The summed E-state index contributed by atoms with van der Waals surface area (Å²) in [6.45, 7) is 6.20. The van der Waals surface area contributed by atoms with Crippen molar-refractivity contribution in [1.82, 2.24) is 4.98 Å². The first kappa shape index (κ1) is 24.3. The zero-order valence-electron chi connectivity index (χ0n) is 19.6. The van der Waals surface area contributed by atoms with Gasteiger partial charge in [0, 0.05) is 23.8 Å². The van der Waals surface area contributed by atoms with Gasteiger partial charge in [-0.15, -0.1) is 0 Å². The topological polar surface area (TPSA) is 62.2 Å². The van der Waals surface area contributed by atoms with E-state index in [0.29, 0.717) is 11.9 Å². The number of alkyl halides is 3. The normalized spacial score (nSPS) is 11.6. The van der Waals surface area contributed by atoms with Gasteiger partial charge in [0.1, 0.15) is 0 Å². The van der Waals surface area contributed by atoms with E-state index in [4.69, 9.17) is 5.11 Å². The molecule has 4 rings (SSSR count). The second-order valence-electron chi connectivity index (χ2n) is 8.66. The highest BCUT2D eigenvalue weighted by atomic mass is 19.4. The molecule has 1 heterocycles. The average Bonchev–Trinajstić information content (AvgIpc) is 2.80. The van der Waals surface area contributed by atoms with E-state index in [2.05, 4.69) is 10.3 Å². The fourth-order valence-electron chi connectivity index (χ4n) is 4.39. The Morgan fingerprint density at radius 3 is 2.46 bits per heavy atom. The Balaban J connectivity index is 1.66. The third-order valence-corrected chi connectivity index (χ3v) is 6.33. The highest BCUT2D eigenvalue weighted by molar-refractivity contribution is 5.97. The maximum atomic E-state index is 13.5. The van der Waals surface area contributed by atoms with Crippen molar-refractivity contribution in [2.75, 3.05) is 5.32 Å². The Morgan fingerprint density at radius 1 is 1.00 bits per heavy atom. The quantitative estimate of drug-likeness (QED) is 0.311. The number of benzene rings is 3. The van der Waals surface area contributed by atoms with E-state index in [1.165, 1.54) is 12.3 Å². The summed E-state index contributed by atoms with van der Waals surface area (Å²) in [5.41, 5.74) is 6.10. The number of hydrogen-bond donors (Lipinski definition) is 2. The smallest absolute Gasteiger partial charge is 0.418 e. The number of carbonyl (C=O) groups is 1. The monoisotopic (exact) mass is 478 g/mol. The summed E-state index contributed by atoms with van der Waals surface area (Å²) in [6.07, 6.45) is -3.02. The molecule has 180 valence electrons. The number of aryl methyl sites for hydroxylation is 1. The van der Waals surface area contributed by atoms with Crippen LogP contribution in [0.4, 0.5) is 18.9 Å². The Labute approximate surface area is 201 Å². The molecular weight excluding hydrogens is 453 g/mol. The molecule has 0 radical (unpaired) electrons. The van der Waals surface area contributed by atoms with Crippen LogP contribution in [0.15, 0.2) is 60.8 Å². The number of rotatable bonds is 6. The van der Waals surface area contributed by atoms with Crippen molar-refractivity contribution >= 4 is 22.6 Å². The first-order valence-corrected chi connectivity index (χ1v) is 11.2. The molecule has 35 heavy (non-hydrogen) atoms. The van der Waals surface area contributed by atoms with Crippen molar-refractivity contribution in [1.29, 1.82) is 0 Å². The lowest BCUT2D eigenvalue weighted by Crippen LogP contribution is -2.07. The number of pyridine rings is 1. The summed E-state index contributed by atoms with van der Waals surface area (Å²) in [4.78, 5) is 15.2. The highest BCUT2D eigenvalue weighted by Crippen LogP contribution is 2.38. The predicted molar refractivity (Wildman–Crippen MR) is 132 cm³/mol. The molecule has 0 saturated carbocycles. The lowest BCUT2D eigenvalue weighted by atomic mass is 9.94. The molecule has 0 aliphatic carbocycles. The minimum absolute atomic E-state index is 0.0235. The summed E-state index contributed by atoms with van der Waals surface area (Å²) in [5, 5.41) is 13.0. The van der Waals surface area contributed by atoms with E-state index < -0.39 is 17.7 Å². The summed E-state index contributed by atoms with van der Waals surface area (Å²) in [5.74, 6) is -0.869. The molecule has 0 aliphatic rings. The molecule has 3 aromatic carbocycles. The second-order valence-corrected chi connectivity index (χ2v) is 8.66. The van der Waals surface area contributed by atoms with E-state index >= 15 is 0 Å². The fourth-order valence-corrected chi connectivity index (χ4v) is 4.39. The number of fused-ring (bicyclic) bond motifs is 1. The number of nitrogens with one attached hydrogen (secondary N) is 1. The summed E-state index contributed by atoms with van der Waals surface area (Å²) >= 11 is 0. The van der Waals surface area contributed by atoms with E-state index in [-0.39, 0.29) is 11.9 Å². The van der Waals surface area contributed by atoms with Crippen LogP contribution in [0.5, 0.6) is 0 Å². The number of halogens is 3. The van der Waals surface area contributed by atoms with E-state index in [1.54, 1.807) is 6.07 Å². The van der Waals surface area contributed by atoms with Gasteiger partial charge in [0.05, 0.1) is 17.5 Å². The Hall–Kier alpha value is -3.87. The third kappa shape index (κ3) is 4.99. The molecule has 0 unspecified atom stereocenters. The predicted octanol–water partition coefficient (Wildman–Crippen LogP) is 7.09. The number of carboxylic acid groups (broad SMARTS) is 1. The van der Waals surface area contributed by atoms with Crippen LogP contribution in [0, 0.1) is 20.8 Å². The number of nitrogens with zero attached hydrogens (tertiary/aromatic N) is 1. The molecule has 0 amide bonds. The fraction of sp³-hybridized carbons (Fsp3) is 0.214. The summed E-state index contributed by atoms with van der Waals surface area (Å²) in [7, 11) is 0. The SMILES string of the molecule is Cc1cnc2c(C(F)(F)F)cccc2c1-c1cccc(CNc2ccc(CC(=O)O)c(C)c2C)c1. The standard InChI is InChI=1S/C28H25F3N2O2/c1-16-14-33-27-22(8-5-9-23(27)28(29,30)31)26(16)21-7-4-6-19(12-21)15-32-24-11-10-20(13-25(34)35)17(2)18(24)3/h4-12,14,32H,13,15H2,1-3H3,(H,34,35). The van der Waals surface area contributed by atoms with Crippen LogP contribution in [0.25, 0.3) is 22.0 Å². The van der Waals surface area contributed by atoms with Gasteiger partial charge in [-0.2, -0.15) is 13.2 Å². The van der Waals surface area contributed by atoms with Crippen molar-refractivity contribution in [2.45, 2.75) is 39.9 Å². The number of anilines is 1. The highest BCUT2D eigenvalue weighted by Gasteiger charge is 2.33. The van der Waals surface area contributed by atoms with Crippen LogP contribution in [0.1, 0.15) is 33.4 Å². The molecule has 0 bridgehead atoms. The average molecular weight is 479 g/mol. The van der Waals surface area contributed by atoms with E-state index in [0.717, 1.165) is 50.7 Å². The molecule has 4 aromatic rings. The first-order chi connectivity index (χ1) is 16.6. The van der Waals surface area contributed by atoms with Gasteiger partial charge in [-0.05, 0) is 77.9 Å². The number of aromatic nitrogens is 1. The molecule has 0 fully saturated rings. The molecule has 0 saturated heterocycles. The Morgan fingerprint density at radius 2 is 1.74 bits per heavy atom. The van der Waals surface area contributed by atoms with Crippen LogP contribution in [0.3, 0.4) is 0 Å². The molecule has 7 heteroatoms. The van der Waals surface area contributed by atoms with Crippen LogP contribution in [-0.4, -0.2) is 16.1 Å². The Kier molecular flexibility index (Phi) is 6.52. The van der Waals surface area contributed by atoms with Crippen LogP contribution >= 0.6 is 0 Å². The Bertz CT molecular complexity index is 1430. The molecule has 2 N–H and O–H groups in total. The number of para-hydroxylation sites is 1. The van der Waals surface area contributed by atoms with E-state index in [9.17, 15) is 18.0 Å². The number of carboxylic acids is 1. The van der Waals surface area contributed by atoms with Crippen molar-refractivity contribution < 1.29 is 23.1 Å². The van der Waals surface area contributed by atoms with Gasteiger partial charge in [-0.25, -0.2) is 0 Å². The van der Waals surface area contributed by atoms with Crippen molar-refractivity contribution in [3.05, 3.63) is 94.2 Å². The van der Waals surface area contributed by atoms with Gasteiger partial charge in [0.25, 0.3) is 0 Å². The van der Waals surface area contributed by atoms with Gasteiger partial charge >= 0.3 is 12.1 Å². The maximum Gasteiger partial charge on any atom is 0.418 e. The summed E-state index contributed by atoms with van der Waals surface area (Å²) in [6, 6.07) is 15.6. The van der Waals surface area contributed by atoms with Crippen LogP contribution in [0.2, 0.25) is 0 Å². The lowest BCUT2D eigenvalue weighted by Gasteiger charge is -2.16. The zero-order chi connectivity index (χ0) is 25.3.